The Labute approximate surface area is 142 Å². The van der Waals surface area contributed by atoms with Crippen LogP contribution in [-0.4, -0.2) is 31.7 Å². The van der Waals surface area contributed by atoms with E-state index in [1.54, 1.807) is 6.20 Å². The number of aromatic nitrogens is 1. The molecule has 0 atom stereocenters. The summed E-state index contributed by atoms with van der Waals surface area (Å²) in [6, 6.07) is 13.4. The second-order valence-electron chi connectivity index (χ2n) is 5.34. The van der Waals surface area contributed by atoms with Gasteiger partial charge in [0, 0.05) is 38.8 Å². The van der Waals surface area contributed by atoms with Crippen LogP contribution in [0.15, 0.2) is 48.7 Å². The first-order valence-corrected chi connectivity index (χ1v) is 7.72. The number of alkyl carbamates (subject to hydrolysis) is 1. The Morgan fingerprint density at radius 1 is 1.21 bits per heavy atom. The average molecular weight is 323 g/mol. The summed E-state index contributed by atoms with van der Waals surface area (Å²) in [5.41, 5.74) is 1.81. The van der Waals surface area contributed by atoms with Crippen LogP contribution in [0.3, 0.4) is 0 Å². The molecule has 0 bridgehead atoms. The van der Waals surface area contributed by atoms with Crippen molar-refractivity contribution in [2.24, 2.45) is 0 Å². The molecule has 1 aromatic heterocycles. The first-order valence-electron chi connectivity index (χ1n) is 7.72. The third kappa shape index (κ3) is 6.01. The normalized spacial score (nSPS) is 9.58. The maximum absolute atomic E-state index is 11.6. The lowest BCUT2D eigenvalue weighted by molar-refractivity contribution is 0.140. The lowest BCUT2D eigenvalue weighted by atomic mass is 10.2. The van der Waals surface area contributed by atoms with Crippen LogP contribution in [0.1, 0.15) is 17.5 Å². The summed E-state index contributed by atoms with van der Waals surface area (Å²) in [6.45, 7) is 0.714. The van der Waals surface area contributed by atoms with E-state index in [9.17, 15) is 4.79 Å². The van der Waals surface area contributed by atoms with Crippen molar-refractivity contribution < 1.29 is 9.53 Å². The number of anilines is 1. The highest BCUT2D eigenvalue weighted by Crippen LogP contribution is 2.06. The minimum Gasteiger partial charge on any atom is -0.445 e. The summed E-state index contributed by atoms with van der Waals surface area (Å²) >= 11 is 0. The summed E-state index contributed by atoms with van der Waals surface area (Å²) in [7, 11) is 3.88. The molecular weight excluding hydrogens is 302 g/mol. The van der Waals surface area contributed by atoms with E-state index in [1.807, 2.05) is 61.5 Å². The van der Waals surface area contributed by atoms with E-state index >= 15 is 0 Å². The molecule has 1 heterocycles. The molecule has 1 aromatic carbocycles. The summed E-state index contributed by atoms with van der Waals surface area (Å²) in [6.07, 6.45) is 1.86. The van der Waals surface area contributed by atoms with Gasteiger partial charge in [0.1, 0.15) is 12.4 Å². The number of hydrogen-bond acceptors (Lipinski definition) is 4. The number of nitrogens with one attached hydrogen (secondary N) is 1. The average Bonchev–Trinajstić information content (AvgIpc) is 2.61. The zero-order chi connectivity index (χ0) is 17.2. The van der Waals surface area contributed by atoms with Gasteiger partial charge in [0.2, 0.25) is 0 Å². The second kappa shape index (κ2) is 9.21. The molecule has 0 radical (unpaired) electrons. The molecule has 1 amide bonds. The molecular formula is C19H21N3O2. The fourth-order valence-corrected chi connectivity index (χ4v) is 1.89. The minimum atomic E-state index is -0.433. The number of pyridine rings is 1. The molecule has 0 aliphatic carbocycles. The van der Waals surface area contributed by atoms with Gasteiger partial charge < -0.3 is 15.0 Å². The highest BCUT2D eigenvalue weighted by atomic mass is 16.5. The van der Waals surface area contributed by atoms with Gasteiger partial charge in [-0.15, -0.1) is 0 Å². The molecule has 0 spiro atoms. The van der Waals surface area contributed by atoms with Crippen LogP contribution < -0.4 is 10.2 Å². The number of hydrogen-bond donors (Lipinski definition) is 1. The van der Waals surface area contributed by atoms with Crippen LogP contribution in [0, 0.1) is 11.8 Å². The lowest BCUT2D eigenvalue weighted by Crippen LogP contribution is -2.24. The molecule has 124 valence electrons. The largest absolute Gasteiger partial charge is 0.445 e. The maximum Gasteiger partial charge on any atom is 0.407 e. The molecule has 0 saturated carbocycles. The molecule has 0 fully saturated rings. The molecule has 5 heteroatoms. The smallest absolute Gasteiger partial charge is 0.407 e. The van der Waals surface area contributed by atoms with E-state index in [0.717, 1.165) is 16.9 Å². The standard InChI is InChI=1S/C19H21N3O2/c1-22(2)18-12-11-16(14-21-18)8-6-7-13-20-19(23)24-15-17-9-4-3-5-10-17/h3-5,9-12,14H,7,13,15H2,1-2H3,(H,20,23). The number of amides is 1. The van der Waals surface area contributed by atoms with Gasteiger partial charge in [-0.25, -0.2) is 9.78 Å². The van der Waals surface area contributed by atoms with Crippen LogP contribution in [0.2, 0.25) is 0 Å². The van der Waals surface area contributed by atoms with E-state index < -0.39 is 6.09 Å². The van der Waals surface area contributed by atoms with Crippen molar-refractivity contribution in [2.45, 2.75) is 13.0 Å². The molecule has 1 N–H and O–H groups in total. The molecule has 2 rings (SSSR count). The van der Waals surface area contributed by atoms with Gasteiger partial charge in [-0.2, -0.15) is 0 Å². The zero-order valence-electron chi connectivity index (χ0n) is 14.0. The van der Waals surface area contributed by atoms with E-state index in [4.69, 9.17) is 4.74 Å². The lowest BCUT2D eigenvalue weighted by Gasteiger charge is -2.09. The quantitative estimate of drug-likeness (QED) is 0.679. The number of benzene rings is 1. The van der Waals surface area contributed by atoms with Gasteiger partial charge in [-0.3, -0.25) is 0 Å². The second-order valence-corrected chi connectivity index (χ2v) is 5.34. The number of nitrogens with zero attached hydrogens (tertiary/aromatic N) is 2. The zero-order valence-corrected chi connectivity index (χ0v) is 14.0. The summed E-state index contributed by atoms with van der Waals surface area (Å²) in [5.74, 6) is 6.92. The van der Waals surface area contributed by atoms with Gasteiger partial charge in [-0.1, -0.05) is 42.2 Å². The fourth-order valence-electron chi connectivity index (χ4n) is 1.89. The summed E-state index contributed by atoms with van der Waals surface area (Å²) < 4.78 is 5.12. The van der Waals surface area contributed by atoms with Crippen LogP contribution in [0.4, 0.5) is 10.6 Å². The van der Waals surface area contributed by atoms with E-state index in [-0.39, 0.29) is 6.61 Å². The molecule has 0 saturated heterocycles. The van der Waals surface area contributed by atoms with Crippen molar-refractivity contribution >= 4 is 11.9 Å². The fraction of sp³-hybridized carbons (Fsp3) is 0.263. The molecule has 5 nitrogen and oxygen atoms in total. The molecule has 0 unspecified atom stereocenters. The molecule has 2 aromatic rings. The number of ether oxygens (including phenoxy) is 1. The first-order chi connectivity index (χ1) is 11.6. The van der Waals surface area contributed by atoms with Gasteiger partial charge >= 0.3 is 6.09 Å². The summed E-state index contributed by atoms with van der Waals surface area (Å²) in [5, 5.41) is 2.68. The number of carbonyl (C=O) groups is 1. The Kier molecular flexibility index (Phi) is 6.66. The van der Waals surface area contributed by atoms with Crippen molar-refractivity contribution in [1.82, 2.24) is 10.3 Å². The Hall–Kier alpha value is -3.00. The predicted molar refractivity (Wildman–Crippen MR) is 94.7 cm³/mol. The molecule has 24 heavy (non-hydrogen) atoms. The van der Waals surface area contributed by atoms with Crippen LogP contribution in [0.5, 0.6) is 0 Å². The first kappa shape index (κ1) is 17.4. The van der Waals surface area contributed by atoms with Gasteiger partial charge in [0.15, 0.2) is 0 Å². The van der Waals surface area contributed by atoms with Crippen LogP contribution >= 0.6 is 0 Å². The number of rotatable bonds is 5. The van der Waals surface area contributed by atoms with Crippen molar-refractivity contribution in [3.05, 3.63) is 59.8 Å². The van der Waals surface area contributed by atoms with Gasteiger partial charge in [0.05, 0.1) is 0 Å². The summed E-state index contributed by atoms with van der Waals surface area (Å²) in [4.78, 5) is 17.8. The minimum absolute atomic E-state index is 0.266. The SMILES string of the molecule is CN(C)c1ccc(C#CCCNC(=O)OCc2ccccc2)cn1. The van der Waals surface area contributed by atoms with E-state index in [0.29, 0.717) is 13.0 Å². The molecule has 0 aliphatic heterocycles. The third-order valence-electron chi connectivity index (χ3n) is 3.17. The van der Waals surface area contributed by atoms with E-state index in [1.165, 1.54) is 0 Å². The Balaban J connectivity index is 1.66. The number of carbonyl (C=O) groups excluding carboxylic acids is 1. The van der Waals surface area contributed by atoms with Crippen LogP contribution in [0.25, 0.3) is 0 Å². The van der Waals surface area contributed by atoms with Crippen molar-refractivity contribution in [1.29, 1.82) is 0 Å². The van der Waals surface area contributed by atoms with Gasteiger partial charge in [-0.05, 0) is 17.7 Å². The Morgan fingerprint density at radius 3 is 2.67 bits per heavy atom. The third-order valence-corrected chi connectivity index (χ3v) is 3.17. The van der Waals surface area contributed by atoms with Gasteiger partial charge in [0.25, 0.3) is 0 Å². The molecule has 0 aliphatic rings. The van der Waals surface area contributed by atoms with Crippen molar-refractivity contribution in [2.75, 3.05) is 25.5 Å². The highest BCUT2D eigenvalue weighted by Gasteiger charge is 2.00. The monoisotopic (exact) mass is 323 g/mol. The van der Waals surface area contributed by atoms with Crippen molar-refractivity contribution in [3.8, 4) is 11.8 Å². The van der Waals surface area contributed by atoms with Crippen molar-refractivity contribution in [3.63, 3.8) is 0 Å². The Morgan fingerprint density at radius 2 is 2.00 bits per heavy atom. The van der Waals surface area contributed by atoms with Crippen LogP contribution in [-0.2, 0) is 11.3 Å². The highest BCUT2D eigenvalue weighted by molar-refractivity contribution is 5.67. The van der Waals surface area contributed by atoms with E-state index in [2.05, 4.69) is 22.1 Å². The maximum atomic E-state index is 11.6. The predicted octanol–water partition coefficient (Wildman–Crippen LogP) is 2.82. The Bertz CT molecular complexity index is 701. The topological polar surface area (TPSA) is 54.5 Å².